The Morgan fingerprint density at radius 1 is 0.696 bits per heavy atom. The molecular formula is C20H39NO2. The van der Waals surface area contributed by atoms with Crippen LogP contribution in [0.4, 0.5) is 0 Å². The van der Waals surface area contributed by atoms with Gasteiger partial charge in [-0.3, -0.25) is 0 Å². The SMILES string of the molecule is [C-]#[N+]CCC(OCCCCCCCC)OCCCCCCCC. The van der Waals surface area contributed by atoms with E-state index < -0.39 is 0 Å². The number of unbranched alkanes of at least 4 members (excludes halogenated alkanes) is 10. The summed E-state index contributed by atoms with van der Waals surface area (Å²) in [5.41, 5.74) is 0. The van der Waals surface area contributed by atoms with Gasteiger partial charge in [-0.1, -0.05) is 78.1 Å². The molecule has 0 N–H and O–H groups in total. The van der Waals surface area contributed by atoms with Crippen LogP contribution < -0.4 is 0 Å². The van der Waals surface area contributed by atoms with Gasteiger partial charge < -0.3 is 14.3 Å². The van der Waals surface area contributed by atoms with E-state index in [9.17, 15) is 0 Å². The number of nitrogens with zero attached hydrogens (tertiary/aromatic N) is 1. The molecular weight excluding hydrogens is 286 g/mol. The van der Waals surface area contributed by atoms with Crippen LogP contribution in [-0.4, -0.2) is 26.0 Å². The highest BCUT2D eigenvalue weighted by Gasteiger charge is 2.10. The standard InChI is InChI=1S/C20H39NO2/c1-4-6-8-10-12-14-18-22-20(16-17-21-3)23-19-15-13-11-9-7-5-2/h20H,4-19H2,1-2H3. The van der Waals surface area contributed by atoms with Gasteiger partial charge in [0.25, 0.3) is 0 Å². The van der Waals surface area contributed by atoms with E-state index in [0.717, 1.165) is 26.1 Å². The fourth-order valence-corrected chi connectivity index (χ4v) is 2.58. The Hall–Kier alpha value is -0.590. The summed E-state index contributed by atoms with van der Waals surface area (Å²) in [5.74, 6) is 0. The predicted molar refractivity (Wildman–Crippen MR) is 98.5 cm³/mol. The van der Waals surface area contributed by atoms with Gasteiger partial charge in [-0.05, 0) is 12.8 Å². The van der Waals surface area contributed by atoms with Crippen molar-refractivity contribution in [3.63, 3.8) is 0 Å². The molecule has 0 aliphatic rings. The highest BCUT2D eigenvalue weighted by molar-refractivity contribution is 4.61. The van der Waals surface area contributed by atoms with Crippen molar-refractivity contribution in [3.8, 4) is 0 Å². The molecule has 0 saturated carbocycles. The van der Waals surface area contributed by atoms with E-state index >= 15 is 0 Å². The Bertz CT molecular complexity index is 245. The first-order valence-corrected chi connectivity index (χ1v) is 9.91. The van der Waals surface area contributed by atoms with Crippen LogP contribution in [0.25, 0.3) is 4.85 Å². The molecule has 0 aromatic heterocycles. The van der Waals surface area contributed by atoms with Gasteiger partial charge in [0.15, 0.2) is 6.29 Å². The van der Waals surface area contributed by atoms with Crippen LogP contribution in [0.5, 0.6) is 0 Å². The lowest BCUT2D eigenvalue weighted by Crippen LogP contribution is -2.19. The predicted octanol–water partition coefficient (Wildman–Crippen LogP) is 6.38. The molecule has 0 aliphatic carbocycles. The van der Waals surface area contributed by atoms with Crippen LogP contribution in [0.2, 0.25) is 0 Å². The lowest BCUT2D eigenvalue weighted by Gasteiger charge is -2.16. The molecule has 0 saturated heterocycles. The Kier molecular flexibility index (Phi) is 19.0. The topological polar surface area (TPSA) is 22.8 Å². The average Bonchev–Trinajstić information content (AvgIpc) is 2.57. The fourth-order valence-electron chi connectivity index (χ4n) is 2.58. The van der Waals surface area contributed by atoms with Gasteiger partial charge in [-0.2, -0.15) is 0 Å². The molecule has 136 valence electrons. The lowest BCUT2D eigenvalue weighted by molar-refractivity contribution is -0.145. The molecule has 0 bridgehead atoms. The summed E-state index contributed by atoms with van der Waals surface area (Å²) in [4.78, 5) is 3.42. The minimum absolute atomic E-state index is 0.171. The fraction of sp³-hybridized carbons (Fsp3) is 0.950. The molecule has 0 aliphatic heterocycles. The van der Waals surface area contributed by atoms with Gasteiger partial charge in [0.05, 0.1) is 6.42 Å². The molecule has 0 heterocycles. The van der Waals surface area contributed by atoms with Gasteiger partial charge in [-0.15, -0.1) is 0 Å². The zero-order valence-electron chi connectivity index (χ0n) is 15.7. The summed E-state index contributed by atoms with van der Waals surface area (Å²) in [6.45, 7) is 13.4. The molecule has 23 heavy (non-hydrogen) atoms. The third-order valence-corrected chi connectivity index (χ3v) is 4.08. The second-order valence-corrected chi connectivity index (χ2v) is 6.38. The molecule has 3 heteroatoms. The molecule has 0 unspecified atom stereocenters. The van der Waals surface area contributed by atoms with Gasteiger partial charge in [0.2, 0.25) is 6.54 Å². The van der Waals surface area contributed by atoms with Crippen molar-refractivity contribution >= 4 is 0 Å². The van der Waals surface area contributed by atoms with Crippen molar-refractivity contribution in [2.45, 2.75) is 104 Å². The van der Waals surface area contributed by atoms with Crippen molar-refractivity contribution in [3.05, 3.63) is 11.4 Å². The molecule has 0 aromatic carbocycles. The molecule has 0 spiro atoms. The van der Waals surface area contributed by atoms with Crippen molar-refractivity contribution in [2.75, 3.05) is 19.8 Å². The van der Waals surface area contributed by atoms with Crippen LogP contribution in [-0.2, 0) is 9.47 Å². The monoisotopic (exact) mass is 325 g/mol. The van der Waals surface area contributed by atoms with E-state index in [2.05, 4.69) is 18.7 Å². The second kappa shape index (κ2) is 19.5. The Balaban J connectivity index is 3.58. The molecule has 0 amide bonds. The molecule has 3 nitrogen and oxygen atoms in total. The van der Waals surface area contributed by atoms with Crippen LogP contribution >= 0.6 is 0 Å². The quantitative estimate of drug-likeness (QED) is 0.166. The van der Waals surface area contributed by atoms with E-state index in [1.165, 1.54) is 64.2 Å². The van der Waals surface area contributed by atoms with E-state index in [1.807, 2.05) is 0 Å². The summed E-state index contributed by atoms with van der Waals surface area (Å²) in [6.07, 6.45) is 15.8. The largest absolute Gasteiger partial charge is 0.352 e. The smallest absolute Gasteiger partial charge is 0.219 e. The first-order valence-electron chi connectivity index (χ1n) is 9.91. The maximum atomic E-state index is 6.92. The number of ether oxygens (including phenoxy) is 2. The Labute approximate surface area is 145 Å². The average molecular weight is 326 g/mol. The normalized spacial score (nSPS) is 11.0. The third kappa shape index (κ3) is 17.6. The van der Waals surface area contributed by atoms with Gasteiger partial charge >= 0.3 is 0 Å². The van der Waals surface area contributed by atoms with Crippen molar-refractivity contribution in [1.29, 1.82) is 0 Å². The molecule has 0 fully saturated rings. The third-order valence-electron chi connectivity index (χ3n) is 4.08. The highest BCUT2D eigenvalue weighted by atomic mass is 16.7. The van der Waals surface area contributed by atoms with Gasteiger partial charge in [0, 0.05) is 13.2 Å². The summed E-state index contributed by atoms with van der Waals surface area (Å²) < 4.78 is 11.7. The number of hydrogen-bond acceptors (Lipinski definition) is 2. The van der Waals surface area contributed by atoms with E-state index in [-0.39, 0.29) is 6.29 Å². The maximum Gasteiger partial charge on any atom is 0.219 e. The van der Waals surface area contributed by atoms with Gasteiger partial charge in [-0.25, -0.2) is 6.57 Å². The van der Waals surface area contributed by atoms with E-state index in [4.69, 9.17) is 16.0 Å². The first-order chi connectivity index (χ1) is 11.3. The summed E-state index contributed by atoms with van der Waals surface area (Å²) >= 11 is 0. The zero-order chi connectivity index (χ0) is 17.0. The molecule has 0 radical (unpaired) electrons. The van der Waals surface area contributed by atoms with Crippen molar-refractivity contribution < 1.29 is 9.47 Å². The van der Waals surface area contributed by atoms with Crippen LogP contribution in [0.1, 0.15) is 97.3 Å². The van der Waals surface area contributed by atoms with Crippen molar-refractivity contribution in [1.82, 2.24) is 0 Å². The lowest BCUT2D eigenvalue weighted by atomic mass is 10.1. The summed E-state index contributed by atoms with van der Waals surface area (Å²) in [7, 11) is 0. The zero-order valence-corrected chi connectivity index (χ0v) is 15.7. The second-order valence-electron chi connectivity index (χ2n) is 6.38. The Morgan fingerprint density at radius 2 is 1.13 bits per heavy atom. The number of hydrogen-bond donors (Lipinski definition) is 0. The van der Waals surface area contributed by atoms with Crippen LogP contribution in [0.15, 0.2) is 0 Å². The molecule has 0 rings (SSSR count). The van der Waals surface area contributed by atoms with Crippen molar-refractivity contribution in [2.24, 2.45) is 0 Å². The van der Waals surface area contributed by atoms with E-state index in [1.54, 1.807) is 0 Å². The molecule has 0 atom stereocenters. The highest BCUT2D eigenvalue weighted by Crippen LogP contribution is 2.10. The summed E-state index contributed by atoms with van der Waals surface area (Å²) in [6, 6.07) is 0. The van der Waals surface area contributed by atoms with Crippen LogP contribution in [0, 0.1) is 6.57 Å². The minimum atomic E-state index is -0.171. The number of rotatable bonds is 18. The van der Waals surface area contributed by atoms with Gasteiger partial charge in [0.1, 0.15) is 0 Å². The van der Waals surface area contributed by atoms with E-state index in [0.29, 0.717) is 13.0 Å². The molecule has 0 aromatic rings. The Morgan fingerprint density at radius 3 is 1.57 bits per heavy atom. The first kappa shape index (κ1) is 22.4. The maximum absolute atomic E-state index is 6.92. The summed E-state index contributed by atoms with van der Waals surface area (Å²) in [5, 5.41) is 0. The van der Waals surface area contributed by atoms with Crippen LogP contribution in [0.3, 0.4) is 0 Å². The minimum Gasteiger partial charge on any atom is -0.352 e.